The van der Waals surface area contributed by atoms with Crippen molar-refractivity contribution in [2.75, 3.05) is 6.61 Å². The SMILES string of the molecule is CC(C)NC(=NC1CCOC(C)C1)NN. The smallest absolute Gasteiger partial charge is 0.206 e. The summed E-state index contributed by atoms with van der Waals surface area (Å²) in [6, 6.07) is 0.642. The molecule has 1 aliphatic heterocycles. The topological polar surface area (TPSA) is 71.7 Å². The minimum atomic E-state index is 0.297. The van der Waals surface area contributed by atoms with E-state index < -0.39 is 0 Å². The van der Waals surface area contributed by atoms with E-state index in [4.69, 9.17) is 10.6 Å². The Hall–Kier alpha value is -0.810. The van der Waals surface area contributed by atoms with Crippen LogP contribution in [0.25, 0.3) is 0 Å². The molecule has 0 saturated carbocycles. The van der Waals surface area contributed by atoms with Crippen molar-refractivity contribution in [3.05, 3.63) is 0 Å². The number of nitrogens with one attached hydrogen (secondary N) is 2. The molecular weight excluding hydrogens is 192 g/mol. The van der Waals surface area contributed by atoms with E-state index >= 15 is 0 Å². The van der Waals surface area contributed by atoms with E-state index in [0.717, 1.165) is 19.4 Å². The van der Waals surface area contributed by atoms with Gasteiger partial charge in [0.25, 0.3) is 0 Å². The van der Waals surface area contributed by atoms with Crippen LogP contribution in [0.5, 0.6) is 0 Å². The number of ether oxygens (including phenoxy) is 1. The number of aliphatic imine (C=N–C) groups is 1. The number of hydrogen-bond acceptors (Lipinski definition) is 3. The second-order valence-electron chi connectivity index (χ2n) is 4.28. The molecule has 2 unspecified atom stereocenters. The van der Waals surface area contributed by atoms with Crippen molar-refractivity contribution in [2.45, 2.75) is 51.8 Å². The molecule has 0 aromatic carbocycles. The molecule has 0 radical (unpaired) electrons. The number of hydrogen-bond donors (Lipinski definition) is 3. The Bertz CT molecular complexity index is 217. The van der Waals surface area contributed by atoms with Gasteiger partial charge in [-0.15, -0.1) is 0 Å². The first-order valence-electron chi connectivity index (χ1n) is 5.54. The third-order valence-corrected chi connectivity index (χ3v) is 2.33. The standard InChI is InChI=1S/C10H22N4O/c1-7(2)12-10(14-11)13-9-4-5-15-8(3)6-9/h7-9H,4-6,11H2,1-3H3,(H2,12,13,14). The predicted octanol–water partition coefficient (Wildman–Crippen LogP) is 0.371. The zero-order valence-electron chi connectivity index (χ0n) is 9.79. The van der Waals surface area contributed by atoms with Crippen LogP contribution in [0, 0.1) is 0 Å². The molecule has 1 saturated heterocycles. The van der Waals surface area contributed by atoms with E-state index in [1.807, 2.05) is 0 Å². The van der Waals surface area contributed by atoms with Gasteiger partial charge in [0.2, 0.25) is 5.96 Å². The van der Waals surface area contributed by atoms with Crippen LogP contribution >= 0.6 is 0 Å². The van der Waals surface area contributed by atoms with Crippen LogP contribution in [-0.2, 0) is 4.74 Å². The Morgan fingerprint density at radius 3 is 2.80 bits per heavy atom. The lowest BCUT2D eigenvalue weighted by Gasteiger charge is -2.25. The Kier molecular flexibility index (Phi) is 4.84. The van der Waals surface area contributed by atoms with Crippen LogP contribution in [0.1, 0.15) is 33.6 Å². The Morgan fingerprint density at radius 2 is 2.27 bits per heavy atom. The molecule has 1 aliphatic rings. The zero-order chi connectivity index (χ0) is 11.3. The largest absolute Gasteiger partial charge is 0.378 e. The second kappa shape index (κ2) is 5.92. The summed E-state index contributed by atoms with van der Waals surface area (Å²) in [5, 5.41) is 3.16. The zero-order valence-corrected chi connectivity index (χ0v) is 9.79. The first-order valence-corrected chi connectivity index (χ1v) is 5.54. The third-order valence-electron chi connectivity index (χ3n) is 2.33. The fraction of sp³-hybridized carbons (Fsp3) is 0.900. The first kappa shape index (κ1) is 12.3. The van der Waals surface area contributed by atoms with E-state index in [1.165, 1.54) is 0 Å². The number of nitrogens with zero attached hydrogens (tertiary/aromatic N) is 1. The Morgan fingerprint density at radius 1 is 1.53 bits per heavy atom. The summed E-state index contributed by atoms with van der Waals surface area (Å²) in [4.78, 5) is 4.53. The summed E-state index contributed by atoms with van der Waals surface area (Å²) in [5.74, 6) is 6.07. The molecule has 0 amide bonds. The average molecular weight is 214 g/mol. The summed E-state index contributed by atoms with van der Waals surface area (Å²) in [5.41, 5.74) is 2.59. The minimum Gasteiger partial charge on any atom is -0.378 e. The Balaban J connectivity index is 2.49. The molecule has 0 bridgehead atoms. The van der Waals surface area contributed by atoms with Gasteiger partial charge in [-0.3, -0.25) is 5.43 Å². The molecule has 0 aromatic heterocycles. The quantitative estimate of drug-likeness (QED) is 0.269. The van der Waals surface area contributed by atoms with E-state index in [-0.39, 0.29) is 0 Å². The van der Waals surface area contributed by atoms with Crippen LogP contribution in [0.4, 0.5) is 0 Å². The van der Waals surface area contributed by atoms with Crippen molar-refractivity contribution in [1.29, 1.82) is 0 Å². The molecule has 4 N–H and O–H groups in total. The van der Waals surface area contributed by atoms with Crippen molar-refractivity contribution in [2.24, 2.45) is 10.8 Å². The maximum absolute atomic E-state index is 5.46. The van der Waals surface area contributed by atoms with Gasteiger partial charge in [-0.25, -0.2) is 10.8 Å². The molecular formula is C10H22N4O. The number of rotatable bonds is 2. The van der Waals surface area contributed by atoms with Crippen molar-refractivity contribution in [3.63, 3.8) is 0 Å². The monoisotopic (exact) mass is 214 g/mol. The summed E-state index contributed by atoms with van der Waals surface area (Å²) in [6.45, 7) is 6.97. The molecule has 1 heterocycles. The third kappa shape index (κ3) is 4.48. The first-order chi connectivity index (χ1) is 7.11. The van der Waals surface area contributed by atoms with Crippen LogP contribution < -0.4 is 16.6 Å². The second-order valence-corrected chi connectivity index (χ2v) is 4.28. The van der Waals surface area contributed by atoms with Crippen molar-refractivity contribution >= 4 is 5.96 Å². The number of nitrogens with two attached hydrogens (primary N) is 1. The fourth-order valence-electron chi connectivity index (χ4n) is 1.66. The van der Waals surface area contributed by atoms with E-state index in [2.05, 4.69) is 36.5 Å². The highest BCUT2D eigenvalue weighted by atomic mass is 16.5. The molecule has 2 atom stereocenters. The van der Waals surface area contributed by atoms with Gasteiger partial charge in [0.05, 0.1) is 12.1 Å². The predicted molar refractivity (Wildman–Crippen MR) is 61.5 cm³/mol. The number of hydrazine groups is 1. The minimum absolute atomic E-state index is 0.297. The molecule has 1 rings (SSSR count). The van der Waals surface area contributed by atoms with Gasteiger partial charge in [-0.2, -0.15) is 0 Å². The van der Waals surface area contributed by atoms with Gasteiger partial charge in [-0.05, 0) is 33.6 Å². The molecule has 15 heavy (non-hydrogen) atoms. The van der Waals surface area contributed by atoms with Gasteiger partial charge in [0.15, 0.2) is 0 Å². The highest BCUT2D eigenvalue weighted by molar-refractivity contribution is 5.79. The molecule has 0 aromatic rings. The van der Waals surface area contributed by atoms with Crippen LogP contribution in [-0.4, -0.2) is 30.8 Å². The van der Waals surface area contributed by atoms with Crippen molar-refractivity contribution in [3.8, 4) is 0 Å². The summed E-state index contributed by atoms with van der Waals surface area (Å²) in [6.07, 6.45) is 2.23. The molecule has 5 heteroatoms. The lowest BCUT2D eigenvalue weighted by molar-refractivity contribution is 0.0203. The van der Waals surface area contributed by atoms with Crippen molar-refractivity contribution < 1.29 is 4.74 Å². The summed E-state index contributed by atoms with van der Waals surface area (Å²) < 4.78 is 5.46. The summed E-state index contributed by atoms with van der Waals surface area (Å²) in [7, 11) is 0. The van der Waals surface area contributed by atoms with Crippen molar-refractivity contribution in [1.82, 2.24) is 10.7 Å². The average Bonchev–Trinajstić information content (AvgIpc) is 2.16. The molecule has 1 fully saturated rings. The van der Waals surface area contributed by atoms with E-state index in [9.17, 15) is 0 Å². The van der Waals surface area contributed by atoms with Gasteiger partial charge in [0.1, 0.15) is 0 Å². The van der Waals surface area contributed by atoms with Crippen LogP contribution in [0.15, 0.2) is 4.99 Å². The van der Waals surface area contributed by atoms with Crippen LogP contribution in [0.3, 0.4) is 0 Å². The lowest BCUT2D eigenvalue weighted by atomic mass is 10.1. The molecule has 0 spiro atoms. The molecule has 0 aliphatic carbocycles. The maximum atomic E-state index is 5.46. The van der Waals surface area contributed by atoms with Crippen LogP contribution in [0.2, 0.25) is 0 Å². The fourth-order valence-corrected chi connectivity index (χ4v) is 1.66. The van der Waals surface area contributed by atoms with Gasteiger partial charge < -0.3 is 10.1 Å². The van der Waals surface area contributed by atoms with Gasteiger partial charge >= 0.3 is 0 Å². The lowest BCUT2D eigenvalue weighted by Crippen LogP contribution is -2.45. The van der Waals surface area contributed by atoms with E-state index in [1.54, 1.807) is 0 Å². The van der Waals surface area contributed by atoms with Gasteiger partial charge in [0, 0.05) is 12.6 Å². The normalized spacial score (nSPS) is 27.9. The van der Waals surface area contributed by atoms with Gasteiger partial charge in [-0.1, -0.05) is 0 Å². The highest BCUT2D eigenvalue weighted by Gasteiger charge is 2.19. The number of guanidine groups is 1. The molecule has 88 valence electrons. The Labute approximate surface area is 91.4 Å². The maximum Gasteiger partial charge on any atom is 0.206 e. The van der Waals surface area contributed by atoms with E-state index in [0.29, 0.717) is 24.1 Å². The highest BCUT2D eigenvalue weighted by Crippen LogP contribution is 2.16. The molecule has 5 nitrogen and oxygen atoms in total. The summed E-state index contributed by atoms with van der Waals surface area (Å²) >= 11 is 0.